The second-order valence-electron chi connectivity index (χ2n) is 6.10. The lowest BCUT2D eigenvalue weighted by molar-refractivity contribution is 0.189. The molecule has 3 rings (SSSR count). The number of methoxy groups -OCH3 is 1. The molecule has 0 aliphatic carbocycles. The van der Waals surface area contributed by atoms with Crippen LogP contribution in [-0.2, 0) is 11.3 Å². The van der Waals surface area contributed by atoms with Crippen molar-refractivity contribution in [3.8, 4) is 0 Å². The van der Waals surface area contributed by atoms with Crippen LogP contribution in [0.5, 0.6) is 0 Å². The number of aryl methyl sites for hydroxylation is 1. The molecule has 0 aliphatic rings. The smallest absolute Gasteiger partial charge is 0.0642 e. The highest BCUT2D eigenvalue weighted by atomic mass is 16.5. The van der Waals surface area contributed by atoms with Crippen molar-refractivity contribution in [2.75, 3.05) is 13.7 Å². The molecule has 1 heterocycles. The number of benzene rings is 2. The van der Waals surface area contributed by atoms with Crippen LogP contribution in [0.4, 0.5) is 0 Å². The zero-order valence-electron chi connectivity index (χ0n) is 13.3. The van der Waals surface area contributed by atoms with E-state index in [0.29, 0.717) is 5.92 Å². The van der Waals surface area contributed by atoms with Crippen molar-refractivity contribution in [1.82, 2.24) is 4.57 Å². The maximum Gasteiger partial charge on any atom is 0.0642 e. The monoisotopic (exact) mass is 281 g/mol. The van der Waals surface area contributed by atoms with Gasteiger partial charge in [-0.2, -0.15) is 0 Å². The summed E-state index contributed by atoms with van der Waals surface area (Å²) >= 11 is 0. The fourth-order valence-corrected chi connectivity index (χ4v) is 3.01. The van der Waals surface area contributed by atoms with Crippen molar-refractivity contribution >= 4 is 21.8 Å². The first-order chi connectivity index (χ1) is 10.1. The van der Waals surface area contributed by atoms with E-state index in [0.717, 1.165) is 13.2 Å². The molecule has 0 spiro atoms. The summed E-state index contributed by atoms with van der Waals surface area (Å²) in [4.78, 5) is 0. The summed E-state index contributed by atoms with van der Waals surface area (Å²) in [6.45, 7) is 8.26. The Bertz CT molecular complexity index is 783. The predicted octanol–water partition coefficient (Wildman–Crippen LogP) is 4.87. The number of ether oxygens (including phenoxy) is 1. The van der Waals surface area contributed by atoms with E-state index in [-0.39, 0.29) is 0 Å². The van der Waals surface area contributed by atoms with Crippen molar-refractivity contribution in [1.29, 1.82) is 0 Å². The van der Waals surface area contributed by atoms with Gasteiger partial charge in [-0.3, -0.25) is 0 Å². The van der Waals surface area contributed by atoms with Gasteiger partial charge in [0.2, 0.25) is 0 Å². The Morgan fingerprint density at radius 1 is 1.00 bits per heavy atom. The molecule has 1 aromatic heterocycles. The van der Waals surface area contributed by atoms with Crippen molar-refractivity contribution in [3.05, 3.63) is 47.5 Å². The normalized spacial score (nSPS) is 11.9. The van der Waals surface area contributed by atoms with E-state index in [1.54, 1.807) is 7.11 Å². The summed E-state index contributed by atoms with van der Waals surface area (Å²) in [7, 11) is 1.76. The highest BCUT2D eigenvalue weighted by Gasteiger charge is 2.12. The number of rotatable bonds is 4. The topological polar surface area (TPSA) is 14.2 Å². The number of hydrogen-bond acceptors (Lipinski definition) is 1. The van der Waals surface area contributed by atoms with Gasteiger partial charge in [0.05, 0.1) is 6.61 Å². The van der Waals surface area contributed by atoms with E-state index in [1.807, 2.05) is 0 Å². The van der Waals surface area contributed by atoms with E-state index in [4.69, 9.17) is 4.74 Å². The van der Waals surface area contributed by atoms with E-state index in [1.165, 1.54) is 32.9 Å². The molecule has 21 heavy (non-hydrogen) atoms. The molecule has 3 aromatic rings. The maximum atomic E-state index is 5.29. The molecule has 0 radical (unpaired) electrons. The largest absolute Gasteiger partial charge is 0.383 e. The highest BCUT2D eigenvalue weighted by molar-refractivity contribution is 6.08. The molecular formula is C19H23NO. The van der Waals surface area contributed by atoms with Crippen LogP contribution >= 0.6 is 0 Å². The lowest BCUT2D eigenvalue weighted by Crippen LogP contribution is -2.04. The van der Waals surface area contributed by atoms with Crippen LogP contribution in [0.1, 0.15) is 30.9 Å². The van der Waals surface area contributed by atoms with Crippen LogP contribution in [0.2, 0.25) is 0 Å². The van der Waals surface area contributed by atoms with Crippen LogP contribution in [0, 0.1) is 6.92 Å². The minimum Gasteiger partial charge on any atom is -0.383 e. The predicted molar refractivity (Wildman–Crippen MR) is 90.1 cm³/mol. The number of fused-ring (bicyclic) bond motifs is 3. The van der Waals surface area contributed by atoms with Crippen molar-refractivity contribution in [3.63, 3.8) is 0 Å². The molecule has 0 aliphatic heterocycles. The fourth-order valence-electron chi connectivity index (χ4n) is 3.01. The van der Waals surface area contributed by atoms with Gasteiger partial charge in [-0.1, -0.05) is 37.6 Å². The standard InChI is InChI=1S/C19H23NO/c1-13(2)15-6-7-16-17-11-14(3)5-8-18(17)20(9-10-21-4)19(16)12-15/h5-8,11-13H,9-10H2,1-4H3. The van der Waals surface area contributed by atoms with E-state index in [2.05, 4.69) is 61.7 Å². The van der Waals surface area contributed by atoms with Gasteiger partial charge in [-0.05, 0) is 36.6 Å². The third-order valence-corrected chi connectivity index (χ3v) is 4.23. The molecule has 2 nitrogen and oxygen atoms in total. The van der Waals surface area contributed by atoms with Crippen molar-refractivity contribution in [2.45, 2.75) is 33.2 Å². The average molecular weight is 281 g/mol. The zero-order chi connectivity index (χ0) is 15.0. The minimum atomic E-state index is 0.546. The first-order valence-corrected chi connectivity index (χ1v) is 7.63. The first-order valence-electron chi connectivity index (χ1n) is 7.63. The fraction of sp³-hybridized carbons (Fsp3) is 0.368. The van der Waals surface area contributed by atoms with Crippen LogP contribution in [-0.4, -0.2) is 18.3 Å². The Morgan fingerprint density at radius 3 is 2.52 bits per heavy atom. The average Bonchev–Trinajstić information content (AvgIpc) is 2.77. The molecule has 0 bridgehead atoms. The van der Waals surface area contributed by atoms with Gasteiger partial charge in [-0.15, -0.1) is 0 Å². The van der Waals surface area contributed by atoms with Crippen LogP contribution in [0.3, 0.4) is 0 Å². The zero-order valence-corrected chi connectivity index (χ0v) is 13.3. The molecule has 2 heteroatoms. The summed E-state index contributed by atoms with van der Waals surface area (Å²) in [5, 5.41) is 2.69. The molecule has 0 saturated heterocycles. The molecular weight excluding hydrogens is 258 g/mol. The number of aromatic nitrogens is 1. The molecule has 0 unspecified atom stereocenters. The number of nitrogens with zero attached hydrogens (tertiary/aromatic N) is 1. The van der Waals surface area contributed by atoms with Gasteiger partial charge in [0.15, 0.2) is 0 Å². The molecule has 0 N–H and O–H groups in total. The number of hydrogen-bond donors (Lipinski definition) is 0. The second-order valence-corrected chi connectivity index (χ2v) is 6.10. The van der Waals surface area contributed by atoms with Crippen LogP contribution < -0.4 is 0 Å². The lowest BCUT2D eigenvalue weighted by atomic mass is 10.0. The second kappa shape index (κ2) is 5.53. The molecule has 0 saturated carbocycles. The third-order valence-electron chi connectivity index (χ3n) is 4.23. The SMILES string of the molecule is COCCn1c2ccc(C)cc2c2ccc(C(C)C)cc21. The van der Waals surface area contributed by atoms with E-state index in [9.17, 15) is 0 Å². The summed E-state index contributed by atoms with van der Waals surface area (Å²) < 4.78 is 7.68. The minimum absolute atomic E-state index is 0.546. The van der Waals surface area contributed by atoms with E-state index >= 15 is 0 Å². The van der Waals surface area contributed by atoms with Crippen LogP contribution in [0.15, 0.2) is 36.4 Å². The summed E-state index contributed by atoms with van der Waals surface area (Å²) in [6, 6.07) is 13.6. The van der Waals surface area contributed by atoms with Crippen molar-refractivity contribution in [2.24, 2.45) is 0 Å². The molecule has 0 fully saturated rings. The maximum absolute atomic E-state index is 5.29. The summed E-state index contributed by atoms with van der Waals surface area (Å²) in [5.74, 6) is 0.546. The quantitative estimate of drug-likeness (QED) is 0.665. The van der Waals surface area contributed by atoms with Gasteiger partial charge in [0, 0.05) is 35.5 Å². The van der Waals surface area contributed by atoms with Crippen molar-refractivity contribution < 1.29 is 4.74 Å². The Balaban J connectivity index is 2.32. The van der Waals surface area contributed by atoms with Gasteiger partial charge in [-0.25, -0.2) is 0 Å². The van der Waals surface area contributed by atoms with Gasteiger partial charge in [0.1, 0.15) is 0 Å². The molecule has 110 valence electrons. The van der Waals surface area contributed by atoms with E-state index < -0.39 is 0 Å². The van der Waals surface area contributed by atoms with Crippen LogP contribution in [0.25, 0.3) is 21.8 Å². The Hall–Kier alpha value is -1.80. The Morgan fingerprint density at radius 2 is 1.81 bits per heavy atom. The van der Waals surface area contributed by atoms with Gasteiger partial charge < -0.3 is 9.30 Å². The summed E-state index contributed by atoms with van der Waals surface area (Å²) in [6.07, 6.45) is 0. The third kappa shape index (κ3) is 2.44. The van der Waals surface area contributed by atoms with Gasteiger partial charge in [0.25, 0.3) is 0 Å². The summed E-state index contributed by atoms with van der Waals surface area (Å²) in [5.41, 5.74) is 5.31. The molecule has 0 amide bonds. The molecule has 0 atom stereocenters. The highest BCUT2D eigenvalue weighted by Crippen LogP contribution is 2.31. The Labute approximate surface area is 126 Å². The van der Waals surface area contributed by atoms with Gasteiger partial charge >= 0.3 is 0 Å². The first kappa shape index (κ1) is 14.2. The molecule has 2 aromatic carbocycles. The Kier molecular flexibility index (Phi) is 3.73. The lowest BCUT2D eigenvalue weighted by Gasteiger charge is -2.09.